The van der Waals surface area contributed by atoms with Crippen molar-refractivity contribution in [1.82, 2.24) is 10.2 Å². The summed E-state index contributed by atoms with van der Waals surface area (Å²) in [6, 6.07) is 0.922. The molecule has 1 aromatic rings. The lowest BCUT2D eigenvalue weighted by atomic mass is 9.91. The zero-order valence-corrected chi connectivity index (χ0v) is 13.5. The predicted octanol–water partition coefficient (Wildman–Crippen LogP) is 2.91. The van der Waals surface area contributed by atoms with Crippen molar-refractivity contribution >= 4 is 39.3 Å². The van der Waals surface area contributed by atoms with Crippen LogP contribution in [0.15, 0.2) is 15.9 Å². The molecule has 1 aromatic heterocycles. The number of amides is 2. The van der Waals surface area contributed by atoms with E-state index >= 15 is 0 Å². The first-order valence-corrected chi connectivity index (χ1v) is 8.16. The van der Waals surface area contributed by atoms with Crippen molar-refractivity contribution in [3.8, 4) is 0 Å². The lowest BCUT2D eigenvalue weighted by Crippen LogP contribution is -2.54. The van der Waals surface area contributed by atoms with Crippen LogP contribution in [-0.4, -0.2) is 34.6 Å². The van der Waals surface area contributed by atoms with Gasteiger partial charge in [-0.3, -0.25) is 0 Å². The van der Waals surface area contributed by atoms with Gasteiger partial charge < -0.3 is 15.3 Å². The molecule has 0 saturated carbocycles. The Labute approximate surface area is 130 Å². The highest BCUT2D eigenvalue weighted by Crippen LogP contribution is 2.24. The van der Waals surface area contributed by atoms with Crippen molar-refractivity contribution in [1.29, 1.82) is 0 Å². The molecule has 110 valence electrons. The molecule has 0 aromatic carbocycles. The van der Waals surface area contributed by atoms with Crippen LogP contribution in [0.5, 0.6) is 0 Å². The van der Waals surface area contributed by atoms with Crippen LogP contribution in [0.25, 0.3) is 0 Å². The number of halogens is 1. The number of carboxylic acids is 1. The van der Waals surface area contributed by atoms with Gasteiger partial charge in [-0.15, -0.1) is 11.3 Å². The number of likely N-dealkylation sites (tertiary alicyclic amines) is 1. The van der Waals surface area contributed by atoms with E-state index in [9.17, 15) is 14.7 Å². The average Bonchev–Trinajstić information content (AvgIpc) is 2.81. The van der Waals surface area contributed by atoms with Gasteiger partial charge in [0, 0.05) is 21.3 Å². The van der Waals surface area contributed by atoms with Crippen molar-refractivity contribution in [3.63, 3.8) is 0 Å². The molecule has 2 heterocycles. The maximum absolute atomic E-state index is 12.2. The summed E-state index contributed by atoms with van der Waals surface area (Å²) in [6.07, 6.45) is 1.70. The number of aliphatic carboxylic acids is 1. The predicted molar refractivity (Wildman–Crippen MR) is 80.8 cm³/mol. The maximum Gasteiger partial charge on any atom is 0.326 e. The summed E-state index contributed by atoms with van der Waals surface area (Å²) in [7, 11) is 0. The minimum Gasteiger partial charge on any atom is -0.480 e. The molecule has 1 saturated heterocycles. The largest absolute Gasteiger partial charge is 0.480 e. The molecule has 20 heavy (non-hydrogen) atoms. The van der Waals surface area contributed by atoms with Gasteiger partial charge in [-0.2, -0.15) is 0 Å². The molecule has 1 aliphatic heterocycles. The van der Waals surface area contributed by atoms with Crippen molar-refractivity contribution in [2.24, 2.45) is 5.92 Å². The summed E-state index contributed by atoms with van der Waals surface area (Å²) in [6.45, 7) is 2.81. The van der Waals surface area contributed by atoms with Crippen LogP contribution in [0.3, 0.4) is 0 Å². The van der Waals surface area contributed by atoms with E-state index in [0.717, 1.165) is 22.2 Å². The molecule has 2 amide bonds. The standard InChI is InChI=1S/C13H17BrN2O3S/c1-8-3-2-4-16(11(8)12(17)18)13(19)15-6-10-5-9(14)7-20-10/h5,7-8,11H,2-4,6H2,1H3,(H,15,19)(H,17,18). The molecule has 2 rings (SSSR count). The first-order chi connectivity index (χ1) is 9.49. The van der Waals surface area contributed by atoms with Gasteiger partial charge in [0.2, 0.25) is 0 Å². The minimum absolute atomic E-state index is 0.0112. The molecular weight excluding hydrogens is 344 g/mol. The summed E-state index contributed by atoms with van der Waals surface area (Å²) >= 11 is 4.91. The Kier molecular flexibility index (Phi) is 5.04. The van der Waals surface area contributed by atoms with Gasteiger partial charge in [0.1, 0.15) is 6.04 Å². The second kappa shape index (κ2) is 6.58. The third-order valence-corrected chi connectivity index (χ3v) is 5.18. The highest BCUT2D eigenvalue weighted by atomic mass is 79.9. The summed E-state index contributed by atoms with van der Waals surface area (Å²) in [5, 5.41) is 14.0. The Balaban J connectivity index is 1.97. The van der Waals surface area contributed by atoms with Crippen LogP contribution < -0.4 is 5.32 Å². The molecule has 1 fully saturated rings. The van der Waals surface area contributed by atoms with Crippen LogP contribution in [0, 0.1) is 5.92 Å². The Bertz CT molecular complexity index is 506. The van der Waals surface area contributed by atoms with E-state index in [-0.39, 0.29) is 11.9 Å². The van der Waals surface area contributed by atoms with E-state index in [1.54, 1.807) is 11.3 Å². The molecule has 5 nitrogen and oxygen atoms in total. The van der Waals surface area contributed by atoms with Gasteiger partial charge in [0.15, 0.2) is 0 Å². The summed E-state index contributed by atoms with van der Waals surface area (Å²) in [5.74, 6) is -0.936. The average molecular weight is 361 g/mol. The quantitative estimate of drug-likeness (QED) is 0.870. The van der Waals surface area contributed by atoms with Crippen molar-refractivity contribution in [3.05, 3.63) is 20.8 Å². The molecule has 0 aliphatic carbocycles. The fourth-order valence-electron chi connectivity index (χ4n) is 2.50. The highest BCUT2D eigenvalue weighted by molar-refractivity contribution is 9.10. The first-order valence-electron chi connectivity index (χ1n) is 6.49. The van der Waals surface area contributed by atoms with E-state index in [1.807, 2.05) is 18.4 Å². The lowest BCUT2D eigenvalue weighted by Gasteiger charge is -2.37. The topological polar surface area (TPSA) is 69.6 Å². The fourth-order valence-corrected chi connectivity index (χ4v) is 3.89. The summed E-state index contributed by atoms with van der Waals surface area (Å²) in [4.78, 5) is 26.0. The third kappa shape index (κ3) is 3.52. The number of urea groups is 1. The monoisotopic (exact) mass is 360 g/mol. The van der Waals surface area contributed by atoms with Crippen LogP contribution >= 0.6 is 27.3 Å². The number of rotatable bonds is 3. The zero-order chi connectivity index (χ0) is 14.7. The Hall–Kier alpha value is -1.08. The number of nitrogens with zero attached hydrogens (tertiary/aromatic N) is 1. The number of carbonyl (C=O) groups is 2. The van der Waals surface area contributed by atoms with Gasteiger partial charge in [-0.25, -0.2) is 9.59 Å². The molecule has 0 spiro atoms. The second-order valence-corrected chi connectivity index (χ2v) is 6.90. The molecule has 1 aliphatic rings. The van der Waals surface area contributed by atoms with E-state index < -0.39 is 12.0 Å². The lowest BCUT2D eigenvalue weighted by molar-refractivity contribution is -0.145. The Morgan fingerprint density at radius 2 is 2.35 bits per heavy atom. The van der Waals surface area contributed by atoms with Crippen LogP contribution in [0.2, 0.25) is 0 Å². The van der Waals surface area contributed by atoms with Crippen molar-refractivity contribution in [2.45, 2.75) is 32.4 Å². The number of hydrogen-bond acceptors (Lipinski definition) is 3. The van der Waals surface area contributed by atoms with Crippen molar-refractivity contribution < 1.29 is 14.7 Å². The normalized spacial score (nSPS) is 22.6. The second-order valence-electron chi connectivity index (χ2n) is 4.99. The first kappa shape index (κ1) is 15.3. The van der Waals surface area contributed by atoms with Crippen LogP contribution in [0.1, 0.15) is 24.6 Å². The SMILES string of the molecule is CC1CCCN(C(=O)NCc2cc(Br)cs2)C1C(=O)O. The number of hydrogen-bond donors (Lipinski definition) is 2. The van der Waals surface area contributed by atoms with Crippen LogP contribution in [-0.2, 0) is 11.3 Å². The van der Waals surface area contributed by atoms with E-state index in [1.165, 1.54) is 4.90 Å². The molecule has 2 N–H and O–H groups in total. The molecule has 2 unspecified atom stereocenters. The van der Waals surface area contributed by atoms with Crippen molar-refractivity contribution in [2.75, 3.05) is 6.54 Å². The number of thiophene rings is 1. The minimum atomic E-state index is -0.925. The van der Waals surface area contributed by atoms with Gasteiger partial charge in [0.05, 0.1) is 6.54 Å². The molecule has 0 radical (unpaired) electrons. The van der Waals surface area contributed by atoms with E-state index in [0.29, 0.717) is 13.1 Å². The van der Waals surface area contributed by atoms with Crippen LogP contribution in [0.4, 0.5) is 4.79 Å². The molecular formula is C13H17BrN2O3S. The zero-order valence-electron chi connectivity index (χ0n) is 11.1. The fraction of sp³-hybridized carbons (Fsp3) is 0.538. The summed E-state index contributed by atoms with van der Waals surface area (Å²) < 4.78 is 0.988. The smallest absolute Gasteiger partial charge is 0.326 e. The highest BCUT2D eigenvalue weighted by Gasteiger charge is 2.36. The molecule has 7 heteroatoms. The Morgan fingerprint density at radius 1 is 1.60 bits per heavy atom. The molecule has 2 atom stereocenters. The maximum atomic E-state index is 12.2. The number of piperidine rings is 1. The third-order valence-electron chi connectivity index (χ3n) is 3.48. The summed E-state index contributed by atoms with van der Waals surface area (Å²) in [5.41, 5.74) is 0. The van der Waals surface area contributed by atoms with Gasteiger partial charge in [0.25, 0.3) is 0 Å². The van der Waals surface area contributed by atoms with E-state index in [4.69, 9.17) is 0 Å². The number of carboxylic acid groups (broad SMARTS) is 1. The van der Waals surface area contributed by atoms with Gasteiger partial charge in [-0.05, 0) is 40.8 Å². The Morgan fingerprint density at radius 3 is 2.95 bits per heavy atom. The van der Waals surface area contributed by atoms with Gasteiger partial charge >= 0.3 is 12.0 Å². The van der Waals surface area contributed by atoms with Gasteiger partial charge in [-0.1, -0.05) is 6.92 Å². The van der Waals surface area contributed by atoms with E-state index in [2.05, 4.69) is 21.2 Å². The number of nitrogens with one attached hydrogen (secondary N) is 1. The molecule has 0 bridgehead atoms. The number of carbonyl (C=O) groups excluding carboxylic acids is 1.